The molecule has 2 aromatic rings. The molecule has 20 heavy (non-hydrogen) atoms. The summed E-state index contributed by atoms with van der Waals surface area (Å²) in [7, 11) is -2.04. The van der Waals surface area contributed by atoms with E-state index in [0.717, 1.165) is 10.4 Å². The first-order valence-corrected chi connectivity index (χ1v) is 8.84. The summed E-state index contributed by atoms with van der Waals surface area (Å²) in [5, 5.41) is 1.97. The van der Waals surface area contributed by atoms with E-state index in [1.54, 1.807) is 13.1 Å². The van der Waals surface area contributed by atoms with Gasteiger partial charge >= 0.3 is 0 Å². The van der Waals surface area contributed by atoms with Gasteiger partial charge in [-0.1, -0.05) is 12.1 Å². The highest BCUT2D eigenvalue weighted by molar-refractivity contribution is 7.89. The summed E-state index contributed by atoms with van der Waals surface area (Å²) >= 11 is 7.21. The summed E-state index contributed by atoms with van der Waals surface area (Å²) in [6.45, 7) is 1.86. The van der Waals surface area contributed by atoms with Crippen molar-refractivity contribution in [1.29, 1.82) is 0 Å². The third kappa shape index (κ3) is 3.03. The Hall–Kier alpha value is -0.950. The molecule has 1 atom stereocenters. The van der Waals surface area contributed by atoms with Crippen molar-refractivity contribution < 1.29 is 8.42 Å². The van der Waals surface area contributed by atoms with E-state index in [0.29, 0.717) is 5.88 Å². The number of halogens is 1. The molecule has 0 amide bonds. The number of aromatic nitrogens is 1. The number of hydrogen-bond donors (Lipinski definition) is 0. The van der Waals surface area contributed by atoms with E-state index in [-0.39, 0.29) is 11.1 Å². The zero-order valence-corrected chi connectivity index (χ0v) is 13.5. The van der Waals surface area contributed by atoms with Gasteiger partial charge in [0.05, 0.1) is 6.04 Å². The maximum Gasteiger partial charge on any atom is 0.260 e. The normalized spacial score (nSPS) is 13.6. The van der Waals surface area contributed by atoms with Crippen LogP contribution in [0.3, 0.4) is 0 Å². The number of thiophene rings is 1. The molecule has 4 nitrogen and oxygen atoms in total. The molecule has 0 radical (unpaired) electrons. The average molecular weight is 331 g/mol. The fourth-order valence-electron chi connectivity index (χ4n) is 1.71. The van der Waals surface area contributed by atoms with Crippen LogP contribution in [-0.2, 0) is 15.9 Å². The predicted molar refractivity (Wildman–Crippen MR) is 81.5 cm³/mol. The second-order valence-electron chi connectivity index (χ2n) is 4.35. The van der Waals surface area contributed by atoms with Crippen LogP contribution in [0.4, 0.5) is 0 Å². The van der Waals surface area contributed by atoms with Gasteiger partial charge in [0.2, 0.25) is 0 Å². The minimum Gasteiger partial charge on any atom is -0.243 e. The van der Waals surface area contributed by atoms with Crippen molar-refractivity contribution in [1.82, 2.24) is 9.29 Å². The first-order valence-electron chi connectivity index (χ1n) is 5.99. The molecule has 1 unspecified atom stereocenters. The van der Waals surface area contributed by atoms with Crippen LogP contribution in [0.5, 0.6) is 0 Å². The van der Waals surface area contributed by atoms with Gasteiger partial charge in [-0.25, -0.2) is 13.4 Å². The number of rotatable bonds is 5. The largest absolute Gasteiger partial charge is 0.260 e. The second-order valence-corrected chi connectivity index (χ2v) is 7.54. The molecule has 0 bridgehead atoms. The molecule has 0 aliphatic heterocycles. The SMILES string of the molecule is CC(c1cccs1)N(C)S(=O)(=O)c1ccc(CCl)cn1. The molecule has 0 spiro atoms. The quantitative estimate of drug-likeness (QED) is 0.791. The van der Waals surface area contributed by atoms with E-state index in [4.69, 9.17) is 11.6 Å². The van der Waals surface area contributed by atoms with Crippen molar-refractivity contribution in [2.45, 2.75) is 23.9 Å². The first kappa shape index (κ1) is 15.4. The van der Waals surface area contributed by atoms with Gasteiger partial charge < -0.3 is 0 Å². The molecule has 0 aromatic carbocycles. The van der Waals surface area contributed by atoms with Crippen molar-refractivity contribution in [3.05, 3.63) is 46.3 Å². The molecule has 0 aliphatic rings. The lowest BCUT2D eigenvalue weighted by molar-refractivity contribution is 0.401. The fraction of sp³-hybridized carbons (Fsp3) is 0.308. The molecule has 0 fully saturated rings. The third-order valence-electron chi connectivity index (χ3n) is 3.10. The van der Waals surface area contributed by atoms with Crippen LogP contribution in [0.2, 0.25) is 0 Å². The average Bonchev–Trinajstić information content (AvgIpc) is 3.00. The Morgan fingerprint density at radius 2 is 2.15 bits per heavy atom. The molecular weight excluding hydrogens is 316 g/mol. The van der Waals surface area contributed by atoms with E-state index >= 15 is 0 Å². The first-order chi connectivity index (χ1) is 9.46. The molecule has 0 N–H and O–H groups in total. The van der Waals surface area contributed by atoms with E-state index in [2.05, 4.69) is 4.98 Å². The highest BCUT2D eigenvalue weighted by atomic mass is 35.5. The van der Waals surface area contributed by atoms with Crippen molar-refractivity contribution >= 4 is 33.0 Å². The highest BCUT2D eigenvalue weighted by Gasteiger charge is 2.27. The Bertz CT molecular complexity index is 654. The van der Waals surface area contributed by atoms with E-state index < -0.39 is 10.0 Å². The summed E-state index contributed by atoms with van der Waals surface area (Å²) in [6.07, 6.45) is 1.49. The standard InChI is InChI=1S/C13H15ClN2O2S2/c1-10(12-4-3-7-19-12)16(2)20(17,18)13-6-5-11(8-14)9-15-13/h3-7,9-10H,8H2,1-2H3. The van der Waals surface area contributed by atoms with Crippen molar-refractivity contribution in [3.63, 3.8) is 0 Å². The molecule has 7 heteroatoms. The van der Waals surface area contributed by atoms with Gasteiger partial charge in [-0.3, -0.25) is 0 Å². The van der Waals surface area contributed by atoms with Crippen LogP contribution in [0.25, 0.3) is 0 Å². The minimum atomic E-state index is -3.60. The van der Waals surface area contributed by atoms with E-state index in [1.165, 1.54) is 27.9 Å². The molecule has 2 rings (SSSR count). The topological polar surface area (TPSA) is 50.3 Å². The molecule has 2 heterocycles. The van der Waals surface area contributed by atoms with Crippen LogP contribution < -0.4 is 0 Å². The number of sulfonamides is 1. The van der Waals surface area contributed by atoms with E-state index in [9.17, 15) is 8.42 Å². The molecule has 0 aliphatic carbocycles. The van der Waals surface area contributed by atoms with Gasteiger partial charge in [0, 0.05) is 24.0 Å². The van der Waals surface area contributed by atoms with Crippen LogP contribution >= 0.6 is 22.9 Å². The summed E-state index contributed by atoms with van der Waals surface area (Å²) in [5.74, 6) is 0.314. The Morgan fingerprint density at radius 1 is 1.40 bits per heavy atom. The molecular formula is C13H15ClN2O2S2. The Labute approximate surface area is 128 Å². The Balaban J connectivity index is 2.29. The van der Waals surface area contributed by atoms with Gasteiger partial charge in [-0.15, -0.1) is 22.9 Å². The number of nitrogens with zero attached hydrogens (tertiary/aromatic N) is 2. The predicted octanol–water partition coefficient (Wildman–Crippen LogP) is 3.26. The maximum atomic E-state index is 12.5. The summed E-state index contributed by atoms with van der Waals surface area (Å²) in [4.78, 5) is 4.99. The summed E-state index contributed by atoms with van der Waals surface area (Å²) in [6, 6.07) is 6.77. The molecule has 2 aromatic heterocycles. The summed E-state index contributed by atoms with van der Waals surface area (Å²) in [5.41, 5.74) is 0.791. The monoisotopic (exact) mass is 330 g/mol. The summed E-state index contributed by atoms with van der Waals surface area (Å²) < 4.78 is 26.3. The van der Waals surface area contributed by atoms with Crippen LogP contribution in [0, 0.1) is 0 Å². The molecule has 0 saturated heterocycles. The van der Waals surface area contributed by atoms with Gasteiger partial charge in [-0.05, 0) is 30.0 Å². The van der Waals surface area contributed by atoms with Gasteiger partial charge in [0.1, 0.15) is 0 Å². The van der Waals surface area contributed by atoms with Gasteiger partial charge in [0.25, 0.3) is 10.0 Å². The maximum absolute atomic E-state index is 12.5. The minimum absolute atomic E-state index is 0.0391. The number of pyridine rings is 1. The van der Waals surface area contributed by atoms with Crippen LogP contribution in [0.1, 0.15) is 23.4 Å². The number of alkyl halides is 1. The Morgan fingerprint density at radius 3 is 2.65 bits per heavy atom. The zero-order chi connectivity index (χ0) is 14.8. The van der Waals surface area contributed by atoms with Crippen molar-refractivity contribution in [3.8, 4) is 0 Å². The van der Waals surface area contributed by atoms with Gasteiger partial charge in [-0.2, -0.15) is 4.31 Å². The van der Waals surface area contributed by atoms with Crippen molar-refractivity contribution in [2.24, 2.45) is 0 Å². The molecule has 0 saturated carbocycles. The van der Waals surface area contributed by atoms with Gasteiger partial charge in [0.15, 0.2) is 5.03 Å². The highest BCUT2D eigenvalue weighted by Crippen LogP contribution is 2.27. The lowest BCUT2D eigenvalue weighted by atomic mass is 10.3. The van der Waals surface area contributed by atoms with Crippen molar-refractivity contribution in [2.75, 3.05) is 7.05 Å². The zero-order valence-electron chi connectivity index (χ0n) is 11.2. The number of hydrogen-bond acceptors (Lipinski definition) is 4. The fourth-order valence-corrected chi connectivity index (χ4v) is 4.01. The van der Waals surface area contributed by atoms with E-state index in [1.807, 2.05) is 24.4 Å². The Kier molecular flexibility index (Phi) is 4.80. The third-order valence-corrected chi connectivity index (χ3v) is 6.29. The lowest BCUT2D eigenvalue weighted by Gasteiger charge is -2.22. The second kappa shape index (κ2) is 6.22. The smallest absolute Gasteiger partial charge is 0.243 e. The lowest BCUT2D eigenvalue weighted by Crippen LogP contribution is -2.30. The van der Waals surface area contributed by atoms with Crippen LogP contribution in [-0.4, -0.2) is 24.8 Å². The van der Waals surface area contributed by atoms with Crippen LogP contribution in [0.15, 0.2) is 40.9 Å². The molecule has 108 valence electrons.